The van der Waals surface area contributed by atoms with Crippen molar-refractivity contribution < 1.29 is 14.3 Å². The summed E-state index contributed by atoms with van der Waals surface area (Å²) in [6, 6.07) is 0. The molecule has 0 aliphatic heterocycles. The molecule has 2 rings (SSSR count). The summed E-state index contributed by atoms with van der Waals surface area (Å²) in [5, 5.41) is 0. The monoisotopic (exact) mass is 348 g/mol. The third-order valence-electron chi connectivity index (χ3n) is 6.16. The van der Waals surface area contributed by atoms with Gasteiger partial charge in [-0.25, -0.2) is 0 Å². The van der Waals surface area contributed by atoms with E-state index >= 15 is 0 Å². The minimum Gasteiger partial charge on any atom is -0.469 e. The van der Waals surface area contributed by atoms with Gasteiger partial charge in [-0.2, -0.15) is 0 Å². The highest BCUT2D eigenvalue weighted by Crippen LogP contribution is 2.60. The summed E-state index contributed by atoms with van der Waals surface area (Å²) < 4.78 is 4.65. The van der Waals surface area contributed by atoms with Gasteiger partial charge in [0.15, 0.2) is 0 Å². The molecule has 2 fully saturated rings. The van der Waals surface area contributed by atoms with E-state index in [4.69, 9.17) is 0 Å². The Bertz CT molecular complexity index is 468. The average molecular weight is 349 g/mol. The molecule has 4 unspecified atom stereocenters. The molecule has 0 radical (unpaired) electrons. The van der Waals surface area contributed by atoms with Gasteiger partial charge >= 0.3 is 5.97 Å². The molecule has 0 aromatic rings. The molecule has 2 aliphatic carbocycles. The number of allylic oxidation sites excluding steroid dienone is 2. The van der Waals surface area contributed by atoms with E-state index in [0.29, 0.717) is 41.8 Å². The number of fused-ring (bicyclic) bond motifs is 1. The molecule has 0 aromatic heterocycles. The smallest absolute Gasteiger partial charge is 0.305 e. The molecule has 2 aliphatic rings. The van der Waals surface area contributed by atoms with Gasteiger partial charge in [0.2, 0.25) is 0 Å². The van der Waals surface area contributed by atoms with E-state index in [1.165, 1.54) is 26.4 Å². The fourth-order valence-electron chi connectivity index (χ4n) is 4.52. The van der Waals surface area contributed by atoms with Crippen molar-refractivity contribution >= 4 is 11.8 Å². The van der Waals surface area contributed by atoms with Crippen LogP contribution in [0.25, 0.3) is 0 Å². The largest absolute Gasteiger partial charge is 0.469 e. The van der Waals surface area contributed by atoms with Gasteiger partial charge in [-0.3, -0.25) is 9.59 Å². The molecule has 0 N–H and O–H groups in total. The number of carbonyl (C=O) groups is 2. The topological polar surface area (TPSA) is 43.4 Å². The minimum atomic E-state index is -0.116. The maximum atomic E-state index is 12.2. The Kier molecular flexibility index (Phi) is 8.18. The van der Waals surface area contributed by atoms with Crippen LogP contribution in [0.5, 0.6) is 0 Å². The van der Waals surface area contributed by atoms with Crippen molar-refractivity contribution in [3.63, 3.8) is 0 Å². The molecule has 3 nitrogen and oxygen atoms in total. The van der Waals surface area contributed by atoms with Crippen LogP contribution in [0.3, 0.4) is 0 Å². The molecular formula is C22H36O3. The third-order valence-corrected chi connectivity index (χ3v) is 6.16. The van der Waals surface area contributed by atoms with E-state index in [9.17, 15) is 9.59 Å². The van der Waals surface area contributed by atoms with Crippen molar-refractivity contribution in [2.75, 3.05) is 7.11 Å². The average Bonchev–Trinajstić information content (AvgIpc) is 3.17. The zero-order chi connectivity index (χ0) is 18.2. The number of ether oxygens (including phenoxy) is 1. The van der Waals surface area contributed by atoms with E-state index in [-0.39, 0.29) is 5.97 Å². The lowest BCUT2D eigenvalue weighted by atomic mass is 9.92. The normalized spacial score (nSPS) is 29.0. The third kappa shape index (κ3) is 5.97. The van der Waals surface area contributed by atoms with Gasteiger partial charge in [-0.05, 0) is 42.9 Å². The van der Waals surface area contributed by atoms with Crippen LogP contribution in [0.1, 0.15) is 78.1 Å². The predicted molar refractivity (Wildman–Crippen MR) is 101 cm³/mol. The fraction of sp³-hybridized carbons (Fsp3) is 0.818. The molecular weight excluding hydrogens is 312 g/mol. The van der Waals surface area contributed by atoms with E-state index in [2.05, 4.69) is 30.7 Å². The van der Waals surface area contributed by atoms with Crippen molar-refractivity contribution in [3.8, 4) is 0 Å². The number of unbranched alkanes of at least 4 members (excludes halogenated alkanes) is 4. The highest BCUT2D eigenvalue weighted by molar-refractivity contribution is 5.85. The second-order valence-electron chi connectivity index (χ2n) is 8.13. The number of ketones is 1. The number of rotatable bonds is 12. The molecule has 5 atom stereocenters. The van der Waals surface area contributed by atoms with E-state index < -0.39 is 0 Å². The first-order valence-electron chi connectivity index (χ1n) is 10.4. The highest BCUT2D eigenvalue weighted by atomic mass is 16.5. The minimum absolute atomic E-state index is 0.116. The van der Waals surface area contributed by atoms with Crippen LogP contribution in [0.4, 0.5) is 0 Å². The Morgan fingerprint density at radius 3 is 2.72 bits per heavy atom. The Balaban J connectivity index is 1.64. The Labute approximate surface area is 153 Å². The van der Waals surface area contributed by atoms with Crippen molar-refractivity contribution in [1.82, 2.24) is 0 Å². The van der Waals surface area contributed by atoms with Crippen molar-refractivity contribution in [2.45, 2.75) is 78.1 Å². The summed E-state index contributed by atoms with van der Waals surface area (Å²) >= 11 is 0. The van der Waals surface area contributed by atoms with Crippen molar-refractivity contribution in [3.05, 3.63) is 12.2 Å². The molecule has 142 valence electrons. The highest BCUT2D eigenvalue weighted by Gasteiger charge is 2.59. The van der Waals surface area contributed by atoms with Gasteiger partial charge in [-0.15, -0.1) is 0 Å². The molecule has 0 saturated heterocycles. The van der Waals surface area contributed by atoms with E-state index in [1.54, 1.807) is 0 Å². The number of methoxy groups -OCH3 is 1. The summed E-state index contributed by atoms with van der Waals surface area (Å²) in [7, 11) is 1.44. The van der Waals surface area contributed by atoms with Crippen molar-refractivity contribution in [1.29, 1.82) is 0 Å². The van der Waals surface area contributed by atoms with Gasteiger partial charge < -0.3 is 4.74 Å². The van der Waals surface area contributed by atoms with Gasteiger partial charge in [0, 0.05) is 18.8 Å². The Morgan fingerprint density at radius 1 is 1.24 bits per heavy atom. The van der Waals surface area contributed by atoms with E-state index in [0.717, 1.165) is 38.5 Å². The molecule has 0 bridgehead atoms. The lowest BCUT2D eigenvalue weighted by Crippen LogP contribution is -2.13. The number of esters is 1. The first kappa shape index (κ1) is 20.2. The van der Waals surface area contributed by atoms with Crippen LogP contribution in [-0.2, 0) is 14.3 Å². The van der Waals surface area contributed by atoms with Crippen LogP contribution in [0.15, 0.2) is 12.2 Å². The molecule has 0 aromatic carbocycles. The van der Waals surface area contributed by atoms with Crippen LogP contribution in [0, 0.1) is 29.6 Å². The maximum absolute atomic E-state index is 12.2. The standard InChI is InChI=1S/C22H36O3/c1-4-5-10-16(2)13-14-17-19-15-20(23)18(22(17)19)11-8-6-7-9-12-21(24)25-3/h13-14,16-19,22H,4-12,15H2,1-3H3/t16?,17?,18-,19?,22?/m0/s1. The van der Waals surface area contributed by atoms with Crippen molar-refractivity contribution in [2.24, 2.45) is 29.6 Å². The predicted octanol–water partition coefficient (Wildman–Crippen LogP) is 5.33. The SMILES string of the molecule is CCCCC(C)C=CC1C2CC(=O)[C@H](CCCCCCC(=O)OC)C12. The molecule has 0 heterocycles. The first-order chi connectivity index (χ1) is 12.1. The lowest BCUT2D eigenvalue weighted by molar-refractivity contribution is -0.140. The molecule has 2 saturated carbocycles. The fourth-order valence-corrected chi connectivity index (χ4v) is 4.52. The molecule has 3 heteroatoms. The van der Waals surface area contributed by atoms with E-state index in [1.807, 2.05) is 0 Å². The van der Waals surface area contributed by atoms with Gasteiger partial charge in [-0.1, -0.05) is 58.1 Å². The van der Waals surface area contributed by atoms with Gasteiger partial charge in [0.25, 0.3) is 0 Å². The van der Waals surface area contributed by atoms with Crippen LogP contribution in [-0.4, -0.2) is 18.9 Å². The molecule has 25 heavy (non-hydrogen) atoms. The summed E-state index contributed by atoms with van der Waals surface area (Å²) in [5.41, 5.74) is 0. The van der Waals surface area contributed by atoms with Gasteiger partial charge in [0.05, 0.1) is 7.11 Å². The number of hydrogen-bond donors (Lipinski definition) is 0. The second kappa shape index (κ2) is 10.1. The Morgan fingerprint density at radius 2 is 2.00 bits per heavy atom. The quantitative estimate of drug-likeness (QED) is 0.272. The number of Topliss-reactive ketones (excluding diaryl/α,β-unsaturated/α-hetero) is 1. The molecule has 0 amide bonds. The zero-order valence-electron chi connectivity index (χ0n) is 16.3. The number of carbonyl (C=O) groups excluding carboxylic acids is 2. The first-order valence-corrected chi connectivity index (χ1v) is 10.4. The van der Waals surface area contributed by atoms with Crippen LogP contribution < -0.4 is 0 Å². The molecule has 0 spiro atoms. The van der Waals surface area contributed by atoms with Crippen LogP contribution in [0.2, 0.25) is 0 Å². The second-order valence-corrected chi connectivity index (χ2v) is 8.13. The summed E-state index contributed by atoms with van der Waals surface area (Å²) in [6.45, 7) is 4.55. The Hall–Kier alpha value is -1.12. The summed E-state index contributed by atoms with van der Waals surface area (Å²) in [4.78, 5) is 23.3. The summed E-state index contributed by atoms with van der Waals surface area (Å²) in [6.07, 6.45) is 15.2. The maximum Gasteiger partial charge on any atom is 0.305 e. The number of hydrogen-bond acceptors (Lipinski definition) is 3. The van der Waals surface area contributed by atoms with Gasteiger partial charge in [0.1, 0.15) is 5.78 Å². The summed E-state index contributed by atoms with van der Waals surface area (Å²) in [5.74, 6) is 3.33. The zero-order valence-corrected chi connectivity index (χ0v) is 16.3. The lowest BCUT2D eigenvalue weighted by Gasteiger charge is -2.12. The van der Waals surface area contributed by atoms with Crippen LogP contribution >= 0.6 is 0 Å².